The van der Waals surface area contributed by atoms with E-state index in [0.717, 1.165) is 11.3 Å². The second-order valence-electron chi connectivity index (χ2n) is 7.23. The first-order valence-corrected chi connectivity index (χ1v) is 9.64. The molecule has 1 aromatic heterocycles. The third kappa shape index (κ3) is 4.34. The van der Waals surface area contributed by atoms with Crippen molar-refractivity contribution in [2.24, 2.45) is 5.92 Å². The van der Waals surface area contributed by atoms with Crippen molar-refractivity contribution in [1.82, 2.24) is 15.5 Å². The molecule has 1 N–H and O–H groups in total. The zero-order valence-corrected chi connectivity index (χ0v) is 16.1. The summed E-state index contributed by atoms with van der Waals surface area (Å²) >= 11 is 0. The van der Waals surface area contributed by atoms with Crippen molar-refractivity contribution in [3.05, 3.63) is 66.6 Å². The molecule has 1 fully saturated rings. The second-order valence-corrected chi connectivity index (χ2v) is 7.23. The maximum Gasteiger partial charge on any atom is 0.229 e. The van der Waals surface area contributed by atoms with E-state index in [1.807, 2.05) is 67.6 Å². The van der Waals surface area contributed by atoms with Crippen LogP contribution in [0, 0.1) is 5.92 Å². The van der Waals surface area contributed by atoms with Crippen LogP contribution in [0.4, 0.5) is 5.69 Å². The summed E-state index contributed by atoms with van der Waals surface area (Å²) in [6.45, 7) is 2.27. The van der Waals surface area contributed by atoms with Gasteiger partial charge in [-0.05, 0) is 19.1 Å². The van der Waals surface area contributed by atoms with E-state index in [2.05, 4.69) is 15.5 Å². The summed E-state index contributed by atoms with van der Waals surface area (Å²) in [4.78, 5) is 31.0. The highest BCUT2D eigenvalue weighted by atomic mass is 16.5. The number of anilines is 1. The summed E-state index contributed by atoms with van der Waals surface area (Å²) in [7, 11) is 0. The fraction of sp³-hybridized carbons (Fsp3) is 0.273. The van der Waals surface area contributed by atoms with Gasteiger partial charge in [-0.15, -0.1) is 0 Å². The zero-order chi connectivity index (χ0) is 20.2. The molecule has 0 aliphatic carbocycles. The van der Waals surface area contributed by atoms with Gasteiger partial charge in [-0.2, -0.15) is 4.98 Å². The molecule has 7 heteroatoms. The predicted molar refractivity (Wildman–Crippen MR) is 108 cm³/mol. The molecular weight excluding hydrogens is 368 g/mol. The van der Waals surface area contributed by atoms with Crippen LogP contribution in [0.15, 0.2) is 65.2 Å². The molecule has 2 heterocycles. The number of para-hydroxylation sites is 1. The number of aromatic nitrogens is 2. The number of carbonyl (C=O) groups is 2. The topological polar surface area (TPSA) is 88.3 Å². The maximum atomic E-state index is 12.6. The van der Waals surface area contributed by atoms with Gasteiger partial charge in [0.05, 0.1) is 5.92 Å². The van der Waals surface area contributed by atoms with Crippen LogP contribution in [0.2, 0.25) is 0 Å². The first kappa shape index (κ1) is 18.9. The molecule has 0 bridgehead atoms. The third-order valence-electron chi connectivity index (χ3n) is 4.93. The van der Waals surface area contributed by atoms with Crippen molar-refractivity contribution < 1.29 is 14.1 Å². The summed E-state index contributed by atoms with van der Waals surface area (Å²) in [5.41, 5.74) is 1.70. The van der Waals surface area contributed by atoms with Gasteiger partial charge in [0.25, 0.3) is 0 Å². The molecule has 1 aliphatic heterocycles. The van der Waals surface area contributed by atoms with Gasteiger partial charge in [0.1, 0.15) is 0 Å². The van der Waals surface area contributed by atoms with E-state index in [-0.39, 0.29) is 30.2 Å². The number of carbonyl (C=O) groups excluding carboxylic acids is 2. The number of nitrogens with one attached hydrogen (secondary N) is 1. The van der Waals surface area contributed by atoms with Gasteiger partial charge in [0.15, 0.2) is 0 Å². The number of amides is 2. The van der Waals surface area contributed by atoms with Crippen LogP contribution in [-0.2, 0) is 16.0 Å². The standard InChI is InChI=1S/C22H22N4O3/c1-15(12-19-24-21(25-29-19)16-8-4-2-5-9-16)23-22(28)17-13-20(27)26(14-17)18-10-6-3-7-11-18/h2-11,15,17H,12-14H2,1H3,(H,23,28). The average molecular weight is 390 g/mol. The largest absolute Gasteiger partial charge is 0.353 e. The molecule has 2 unspecified atom stereocenters. The Morgan fingerprint density at radius 1 is 1.17 bits per heavy atom. The van der Waals surface area contributed by atoms with Crippen LogP contribution in [0.1, 0.15) is 19.2 Å². The zero-order valence-electron chi connectivity index (χ0n) is 16.1. The molecule has 29 heavy (non-hydrogen) atoms. The minimum absolute atomic E-state index is 0.0339. The monoisotopic (exact) mass is 390 g/mol. The Morgan fingerprint density at radius 3 is 2.59 bits per heavy atom. The summed E-state index contributed by atoms with van der Waals surface area (Å²) in [5, 5.41) is 6.97. The highest BCUT2D eigenvalue weighted by Gasteiger charge is 2.35. The molecule has 7 nitrogen and oxygen atoms in total. The van der Waals surface area contributed by atoms with Crippen LogP contribution in [0.5, 0.6) is 0 Å². The van der Waals surface area contributed by atoms with Gasteiger partial charge >= 0.3 is 0 Å². The van der Waals surface area contributed by atoms with E-state index in [4.69, 9.17) is 4.52 Å². The average Bonchev–Trinajstić information content (AvgIpc) is 3.36. The molecule has 148 valence electrons. The van der Waals surface area contributed by atoms with Gasteiger partial charge in [-0.25, -0.2) is 0 Å². The van der Waals surface area contributed by atoms with E-state index >= 15 is 0 Å². The van der Waals surface area contributed by atoms with Crippen LogP contribution in [0.25, 0.3) is 11.4 Å². The van der Waals surface area contributed by atoms with Gasteiger partial charge in [0, 0.05) is 36.7 Å². The van der Waals surface area contributed by atoms with Crippen molar-refractivity contribution in [3.63, 3.8) is 0 Å². The second kappa shape index (κ2) is 8.26. The molecule has 0 spiro atoms. The van der Waals surface area contributed by atoms with Gasteiger partial charge < -0.3 is 14.7 Å². The first-order chi connectivity index (χ1) is 14.1. The minimum Gasteiger partial charge on any atom is -0.353 e. The highest BCUT2D eigenvalue weighted by molar-refractivity contribution is 6.00. The quantitative estimate of drug-likeness (QED) is 0.699. The Hall–Kier alpha value is -3.48. The van der Waals surface area contributed by atoms with E-state index < -0.39 is 0 Å². The van der Waals surface area contributed by atoms with Crippen molar-refractivity contribution in [2.75, 3.05) is 11.4 Å². The van der Waals surface area contributed by atoms with Gasteiger partial charge in [-0.3, -0.25) is 9.59 Å². The molecule has 0 saturated carbocycles. The number of rotatable bonds is 6. The number of hydrogen-bond donors (Lipinski definition) is 1. The molecule has 2 amide bonds. The van der Waals surface area contributed by atoms with E-state index in [1.54, 1.807) is 4.90 Å². The van der Waals surface area contributed by atoms with E-state index in [9.17, 15) is 9.59 Å². The molecule has 0 radical (unpaired) electrons. The first-order valence-electron chi connectivity index (χ1n) is 9.64. The number of nitrogens with zero attached hydrogens (tertiary/aromatic N) is 3. The molecule has 1 aliphatic rings. The lowest BCUT2D eigenvalue weighted by Gasteiger charge is -2.18. The smallest absolute Gasteiger partial charge is 0.229 e. The van der Waals surface area contributed by atoms with E-state index in [0.29, 0.717) is 24.7 Å². The molecule has 3 aromatic rings. The van der Waals surface area contributed by atoms with Crippen LogP contribution in [-0.4, -0.2) is 34.5 Å². The fourth-order valence-corrected chi connectivity index (χ4v) is 3.46. The lowest BCUT2D eigenvalue weighted by atomic mass is 10.1. The normalized spacial score (nSPS) is 17.3. The Morgan fingerprint density at radius 2 is 1.86 bits per heavy atom. The fourth-order valence-electron chi connectivity index (χ4n) is 3.46. The lowest BCUT2D eigenvalue weighted by molar-refractivity contribution is -0.126. The van der Waals surface area contributed by atoms with Crippen molar-refractivity contribution in [1.29, 1.82) is 0 Å². The Kier molecular flexibility index (Phi) is 5.37. The SMILES string of the molecule is CC(Cc1nc(-c2ccccc2)no1)NC(=O)C1CC(=O)N(c2ccccc2)C1. The summed E-state index contributed by atoms with van der Waals surface area (Å²) in [6, 6.07) is 18.8. The van der Waals surface area contributed by atoms with Gasteiger partial charge in [0.2, 0.25) is 23.5 Å². The summed E-state index contributed by atoms with van der Waals surface area (Å²) in [5.74, 6) is 0.456. The summed E-state index contributed by atoms with van der Waals surface area (Å²) in [6.07, 6.45) is 0.640. The highest BCUT2D eigenvalue weighted by Crippen LogP contribution is 2.25. The van der Waals surface area contributed by atoms with Crippen molar-refractivity contribution in [2.45, 2.75) is 25.8 Å². The molecule has 4 rings (SSSR count). The number of hydrogen-bond acceptors (Lipinski definition) is 5. The van der Waals surface area contributed by atoms with Crippen molar-refractivity contribution >= 4 is 17.5 Å². The van der Waals surface area contributed by atoms with Crippen molar-refractivity contribution in [3.8, 4) is 11.4 Å². The Labute approximate surface area is 168 Å². The van der Waals surface area contributed by atoms with Crippen LogP contribution in [0.3, 0.4) is 0 Å². The van der Waals surface area contributed by atoms with Gasteiger partial charge in [-0.1, -0.05) is 53.7 Å². The summed E-state index contributed by atoms with van der Waals surface area (Å²) < 4.78 is 5.31. The molecule has 2 atom stereocenters. The third-order valence-corrected chi connectivity index (χ3v) is 4.93. The molecule has 2 aromatic carbocycles. The predicted octanol–water partition coefficient (Wildman–Crippen LogP) is 2.84. The van der Waals surface area contributed by atoms with E-state index in [1.165, 1.54) is 0 Å². The number of benzene rings is 2. The Bertz CT molecular complexity index is 988. The minimum atomic E-state index is -0.368. The Balaban J connectivity index is 1.33. The van der Waals surface area contributed by atoms with Crippen LogP contribution >= 0.6 is 0 Å². The lowest BCUT2D eigenvalue weighted by Crippen LogP contribution is -2.39. The maximum absolute atomic E-state index is 12.6. The molecule has 1 saturated heterocycles. The molecular formula is C22H22N4O3. The van der Waals surface area contributed by atoms with Crippen LogP contribution < -0.4 is 10.2 Å².